The van der Waals surface area contributed by atoms with E-state index < -0.39 is 0 Å². The monoisotopic (exact) mass is 322 g/mol. The highest BCUT2D eigenvalue weighted by atomic mass is 35.5. The van der Waals surface area contributed by atoms with Crippen molar-refractivity contribution in [2.45, 2.75) is 19.4 Å². The Bertz CT molecular complexity index is 617. The molecule has 2 N–H and O–H groups in total. The van der Waals surface area contributed by atoms with Crippen molar-refractivity contribution in [1.82, 2.24) is 0 Å². The predicted octanol–water partition coefficient (Wildman–Crippen LogP) is 4.82. The molecular formula is C16H16Cl2N2O. The number of rotatable bonds is 5. The van der Waals surface area contributed by atoms with E-state index in [0.29, 0.717) is 22.2 Å². The lowest BCUT2D eigenvalue weighted by Crippen LogP contribution is -2.34. The third kappa shape index (κ3) is 4.38. The molecule has 2 aromatic carbocycles. The van der Waals surface area contributed by atoms with Gasteiger partial charge in [0.25, 0.3) is 0 Å². The first-order valence-corrected chi connectivity index (χ1v) is 7.43. The summed E-state index contributed by atoms with van der Waals surface area (Å²) in [6.45, 7) is 1.93. The van der Waals surface area contributed by atoms with Gasteiger partial charge in [-0.1, -0.05) is 48.3 Å². The normalized spacial score (nSPS) is 11.8. The minimum absolute atomic E-state index is 0.111. The van der Waals surface area contributed by atoms with Gasteiger partial charge in [0.1, 0.15) is 6.04 Å². The van der Waals surface area contributed by atoms with Crippen LogP contribution in [0.1, 0.15) is 13.3 Å². The zero-order valence-corrected chi connectivity index (χ0v) is 13.1. The Morgan fingerprint density at radius 3 is 2.52 bits per heavy atom. The number of amides is 1. The molecule has 0 aromatic heterocycles. The molecule has 1 atom stereocenters. The number of benzene rings is 2. The van der Waals surface area contributed by atoms with Gasteiger partial charge in [0.05, 0.1) is 10.7 Å². The summed E-state index contributed by atoms with van der Waals surface area (Å²) in [7, 11) is 0. The second-order valence-electron chi connectivity index (χ2n) is 4.58. The number of carbonyl (C=O) groups is 1. The highest BCUT2D eigenvalue weighted by Crippen LogP contribution is 2.26. The average Bonchev–Trinajstić information content (AvgIpc) is 2.49. The first-order valence-electron chi connectivity index (χ1n) is 6.67. The third-order valence-corrected chi connectivity index (χ3v) is 3.59. The van der Waals surface area contributed by atoms with Gasteiger partial charge in [0.2, 0.25) is 5.91 Å². The van der Waals surface area contributed by atoms with Crippen molar-refractivity contribution in [3.63, 3.8) is 0 Å². The van der Waals surface area contributed by atoms with E-state index in [1.54, 1.807) is 18.2 Å². The fraction of sp³-hybridized carbons (Fsp3) is 0.188. The van der Waals surface area contributed by atoms with Crippen LogP contribution in [-0.4, -0.2) is 11.9 Å². The topological polar surface area (TPSA) is 41.1 Å². The molecule has 0 saturated carbocycles. The molecular weight excluding hydrogens is 307 g/mol. The van der Waals surface area contributed by atoms with Gasteiger partial charge in [-0.25, -0.2) is 0 Å². The van der Waals surface area contributed by atoms with Crippen LogP contribution >= 0.6 is 23.2 Å². The highest BCUT2D eigenvalue weighted by molar-refractivity contribution is 6.35. The smallest absolute Gasteiger partial charge is 0.246 e. The number of halogens is 2. The van der Waals surface area contributed by atoms with E-state index in [-0.39, 0.29) is 11.9 Å². The van der Waals surface area contributed by atoms with Crippen LogP contribution < -0.4 is 10.6 Å². The fourth-order valence-corrected chi connectivity index (χ4v) is 2.24. The van der Waals surface area contributed by atoms with Gasteiger partial charge in [-0.2, -0.15) is 0 Å². The Morgan fingerprint density at radius 2 is 1.86 bits per heavy atom. The second-order valence-corrected chi connectivity index (χ2v) is 5.43. The molecule has 110 valence electrons. The van der Waals surface area contributed by atoms with Crippen LogP contribution in [0.25, 0.3) is 0 Å². The molecule has 0 fully saturated rings. The lowest BCUT2D eigenvalue weighted by molar-refractivity contribution is -0.116. The molecule has 0 aliphatic heterocycles. The number of carbonyl (C=O) groups excluding carboxylic acids is 1. The second kappa shape index (κ2) is 7.34. The van der Waals surface area contributed by atoms with Gasteiger partial charge in [0.15, 0.2) is 0 Å². The van der Waals surface area contributed by atoms with Crippen molar-refractivity contribution < 1.29 is 4.79 Å². The van der Waals surface area contributed by atoms with Gasteiger partial charge in [-0.3, -0.25) is 4.79 Å². The van der Waals surface area contributed by atoms with Crippen molar-refractivity contribution in [2.75, 3.05) is 10.6 Å². The average molecular weight is 323 g/mol. The lowest BCUT2D eigenvalue weighted by atomic mass is 10.2. The summed E-state index contributed by atoms with van der Waals surface area (Å²) in [4.78, 5) is 12.3. The molecule has 0 aliphatic carbocycles. The van der Waals surface area contributed by atoms with Gasteiger partial charge in [-0.05, 0) is 36.8 Å². The fourth-order valence-electron chi connectivity index (χ4n) is 1.90. The quantitative estimate of drug-likeness (QED) is 0.828. The number of hydrogen-bond acceptors (Lipinski definition) is 2. The molecule has 0 radical (unpaired) electrons. The molecule has 0 aliphatic rings. The van der Waals surface area contributed by atoms with Gasteiger partial charge >= 0.3 is 0 Å². The minimum atomic E-state index is -0.388. The lowest BCUT2D eigenvalue weighted by Gasteiger charge is -2.19. The van der Waals surface area contributed by atoms with E-state index in [0.717, 1.165) is 5.69 Å². The maximum absolute atomic E-state index is 12.3. The van der Waals surface area contributed by atoms with E-state index in [4.69, 9.17) is 23.2 Å². The molecule has 0 saturated heterocycles. The maximum Gasteiger partial charge on any atom is 0.246 e. The van der Waals surface area contributed by atoms with E-state index in [2.05, 4.69) is 10.6 Å². The number of hydrogen-bond donors (Lipinski definition) is 2. The van der Waals surface area contributed by atoms with Crippen LogP contribution in [0.3, 0.4) is 0 Å². The summed E-state index contributed by atoms with van der Waals surface area (Å²) in [6.07, 6.45) is 0.626. The van der Waals surface area contributed by atoms with Crippen LogP contribution in [0.2, 0.25) is 10.0 Å². The molecule has 5 heteroatoms. The van der Waals surface area contributed by atoms with Gasteiger partial charge in [-0.15, -0.1) is 0 Å². The van der Waals surface area contributed by atoms with Crippen molar-refractivity contribution in [3.05, 3.63) is 58.6 Å². The van der Waals surface area contributed by atoms with Crippen molar-refractivity contribution in [1.29, 1.82) is 0 Å². The highest BCUT2D eigenvalue weighted by Gasteiger charge is 2.17. The van der Waals surface area contributed by atoms with Gasteiger partial charge in [0, 0.05) is 10.7 Å². The first-order chi connectivity index (χ1) is 10.1. The van der Waals surface area contributed by atoms with Crippen LogP contribution in [0.5, 0.6) is 0 Å². The summed E-state index contributed by atoms with van der Waals surface area (Å²) in [5, 5.41) is 7.10. The van der Waals surface area contributed by atoms with E-state index in [9.17, 15) is 4.79 Å². The molecule has 0 unspecified atom stereocenters. The van der Waals surface area contributed by atoms with Crippen LogP contribution in [0.15, 0.2) is 48.5 Å². The molecule has 0 spiro atoms. The summed E-state index contributed by atoms with van der Waals surface area (Å²) < 4.78 is 0. The Labute approximate surface area is 134 Å². The predicted molar refractivity (Wildman–Crippen MR) is 89.2 cm³/mol. The van der Waals surface area contributed by atoms with Crippen molar-refractivity contribution in [2.24, 2.45) is 0 Å². The van der Waals surface area contributed by atoms with Gasteiger partial charge < -0.3 is 10.6 Å². The van der Waals surface area contributed by atoms with E-state index in [1.165, 1.54) is 0 Å². The number of nitrogens with one attached hydrogen (secondary N) is 2. The van der Waals surface area contributed by atoms with Crippen LogP contribution in [-0.2, 0) is 4.79 Å². The summed E-state index contributed by atoms with van der Waals surface area (Å²) >= 11 is 12.1. The number of anilines is 2. The zero-order valence-electron chi connectivity index (χ0n) is 11.6. The molecule has 0 heterocycles. The standard InChI is InChI=1S/C16H16Cl2N2O/c1-2-14(16(21)19-12-6-4-3-5-7-12)20-15-10-11(17)8-9-13(15)18/h3-10,14,20H,2H2,1H3,(H,19,21)/t14-/m0/s1. The molecule has 2 aromatic rings. The molecule has 1 amide bonds. The van der Waals surface area contributed by atoms with E-state index >= 15 is 0 Å². The third-order valence-electron chi connectivity index (χ3n) is 3.02. The Kier molecular flexibility index (Phi) is 5.48. The summed E-state index contributed by atoms with van der Waals surface area (Å²) in [5.41, 5.74) is 1.42. The van der Waals surface area contributed by atoms with Crippen LogP contribution in [0, 0.1) is 0 Å². The molecule has 0 bridgehead atoms. The summed E-state index contributed by atoms with van der Waals surface area (Å²) in [6, 6.07) is 14.1. The van der Waals surface area contributed by atoms with Crippen molar-refractivity contribution >= 4 is 40.5 Å². The minimum Gasteiger partial charge on any atom is -0.372 e. The molecule has 21 heavy (non-hydrogen) atoms. The molecule has 2 rings (SSSR count). The largest absolute Gasteiger partial charge is 0.372 e. The summed E-state index contributed by atoms with van der Waals surface area (Å²) in [5.74, 6) is -0.111. The van der Waals surface area contributed by atoms with Crippen LogP contribution in [0.4, 0.5) is 11.4 Å². The Balaban J connectivity index is 2.09. The first kappa shape index (κ1) is 15.7. The molecule has 3 nitrogen and oxygen atoms in total. The Hall–Kier alpha value is -1.71. The number of para-hydroxylation sites is 1. The SMILES string of the molecule is CC[C@H](Nc1cc(Cl)ccc1Cl)C(=O)Nc1ccccc1. The van der Waals surface area contributed by atoms with Crippen molar-refractivity contribution in [3.8, 4) is 0 Å². The Morgan fingerprint density at radius 1 is 1.14 bits per heavy atom. The van der Waals surface area contributed by atoms with E-state index in [1.807, 2.05) is 37.3 Å². The maximum atomic E-state index is 12.3. The zero-order chi connectivity index (χ0) is 15.2.